The summed E-state index contributed by atoms with van der Waals surface area (Å²) in [7, 11) is 0. The molecule has 25 heavy (non-hydrogen) atoms. The molecule has 0 spiro atoms. The minimum absolute atomic E-state index is 0.178. The van der Waals surface area contributed by atoms with Gasteiger partial charge in [-0.05, 0) is 43.3 Å². The van der Waals surface area contributed by atoms with E-state index in [4.69, 9.17) is 0 Å². The van der Waals surface area contributed by atoms with Crippen LogP contribution in [-0.2, 0) is 0 Å². The molecule has 3 heterocycles. The molecule has 0 saturated carbocycles. The third-order valence-electron chi connectivity index (χ3n) is 3.98. The van der Waals surface area contributed by atoms with Crippen molar-refractivity contribution in [1.82, 2.24) is 14.4 Å². The van der Waals surface area contributed by atoms with Crippen LogP contribution in [0.5, 0.6) is 0 Å². The van der Waals surface area contributed by atoms with Crippen molar-refractivity contribution in [2.24, 2.45) is 0 Å². The topological polar surface area (TPSA) is 59.3 Å². The van der Waals surface area contributed by atoms with Gasteiger partial charge in [0.1, 0.15) is 17.2 Å². The highest BCUT2D eigenvalue weighted by Gasteiger charge is 2.17. The number of aryl methyl sites for hydroxylation is 1. The Balaban J connectivity index is 1.80. The molecule has 0 saturated heterocycles. The van der Waals surface area contributed by atoms with Gasteiger partial charge in [-0.1, -0.05) is 29.8 Å². The third-order valence-corrected chi connectivity index (χ3v) is 3.98. The molecule has 1 amide bonds. The number of nitrogens with one attached hydrogen (secondary N) is 1. The number of benzene rings is 1. The van der Waals surface area contributed by atoms with Crippen LogP contribution in [0.1, 0.15) is 15.9 Å². The van der Waals surface area contributed by atoms with Crippen molar-refractivity contribution in [3.63, 3.8) is 0 Å². The maximum absolute atomic E-state index is 12.7. The summed E-state index contributed by atoms with van der Waals surface area (Å²) >= 11 is 0. The van der Waals surface area contributed by atoms with Crippen molar-refractivity contribution >= 4 is 17.4 Å². The fourth-order valence-corrected chi connectivity index (χ4v) is 2.68. The first-order valence-corrected chi connectivity index (χ1v) is 7.99. The number of hydrogen-bond acceptors (Lipinski definition) is 3. The van der Waals surface area contributed by atoms with Crippen molar-refractivity contribution in [2.75, 3.05) is 5.32 Å². The van der Waals surface area contributed by atoms with Crippen LogP contribution >= 0.6 is 0 Å². The van der Waals surface area contributed by atoms with Crippen LogP contribution in [0, 0.1) is 6.92 Å². The maximum Gasteiger partial charge on any atom is 0.256 e. The van der Waals surface area contributed by atoms with Gasteiger partial charge < -0.3 is 5.32 Å². The quantitative estimate of drug-likeness (QED) is 0.619. The zero-order valence-electron chi connectivity index (χ0n) is 13.7. The third kappa shape index (κ3) is 2.87. The number of nitrogens with zero attached hydrogens (tertiary/aromatic N) is 3. The highest BCUT2D eigenvalue weighted by molar-refractivity contribution is 6.05. The van der Waals surface area contributed by atoms with Gasteiger partial charge in [0.15, 0.2) is 0 Å². The molecule has 3 aromatic heterocycles. The fraction of sp³-hybridized carbons (Fsp3) is 0.0500. The number of carbonyl (C=O) groups excluding carboxylic acids is 1. The normalized spacial score (nSPS) is 10.8. The molecular weight excluding hydrogens is 312 g/mol. The lowest BCUT2D eigenvalue weighted by Gasteiger charge is -2.08. The fourth-order valence-electron chi connectivity index (χ4n) is 2.68. The van der Waals surface area contributed by atoms with Crippen LogP contribution in [0.4, 0.5) is 5.82 Å². The number of fused-ring (bicyclic) bond motifs is 1. The van der Waals surface area contributed by atoms with E-state index in [1.165, 1.54) is 0 Å². The molecule has 0 fully saturated rings. The second-order valence-electron chi connectivity index (χ2n) is 5.77. The molecule has 0 aliphatic carbocycles. The molecule has 0 atom stereocenters. The lowest BCUT2D eigenvalue weighted by Crippen LogP contribution is -2.14. The van der Waals surface area contributed by atoms with E-state index >= 15 is 0 Å². The van der Waals surface area contributed by atoms with Gasteiger partial charge in [0.05, 0.1) is 5.69 Å². The predicted molar refractivity (Wildman–Crippen MR) is 97.6 cm³/mol. The van der Waals surface area contributed by atoms with Crippen LogP contribution in [0.25, 0.3) is 17.0 Å². The number of aromatic nitrogens is 3. The lowest BCUT2D eigenvalue weighted by molar-refractivity contribution is 0.102. The zero-order chi connectivity index (χ0) is 17.2. The van der Waals surface area contributed by atoms with E-state index in [2.05, 4.69) is 15.3 Å². The average Bonchev–Trinajstić information content (AvgIpc) is 3.02. The van der Waals surface area contributed by atoms with Crippen LogP contribution in [0.2, 0.25) is 0 Å². The Kier molecular flexibility index (Phi) is 3.74. The van der Waals surface area contributed by atoms with Crippen molar-refractivity contribution in [2.45, 2.75) is 6.92 Å². The van der Waals surface area contributed by atoms with E-state index in [-0.39, 0.29) is 5.91 Å². The van der Waals surface area contributed by atoms with E-state index < -0.39 is 0 Å². The highest BCUT2D eigenvalue weighted by atomic mass is 16.1. The van der Waals surface area contributed by atoms with Gasteiger partial charge in [0.2, 0.25) is 0 Å². The summed E-state index contributed by atoms with van der Waals surface area (Å²) in [5.41, 5.74) is 3.82. The minimum Gasteiger partial charge on any atom is -0.306 e. The van der Waals surface area contributed by atoms with E-state index in [1.54, 1.807) is 6.20 Å². The Labute approximate surface area is 145 Å². The number of imidazole rings is 1. The monoisotopic (exact) mass is 328 g/mol. The standard InChI is InChI=1S/C20H16N4O/c1-14-8-10-15(11-9-14)20(25)23-19-18(16-6-2-4-12-21-16)22-17-7-3-5-13-24(17)19/h2-13H,1H3,(H,23,25). The highest BCUT2D eigenvalue weighted by Crippen LogP contribution is 2.27. The van der Waals surface area contributed by atoms with E-state index in [0.29, 0.717) is 22.8 Å². The lowest BCUT2D eigenvalue weighted by atomic mass is 10.1. The molecule has 1 N–H and O–H groups in total. The van der Waals surface area contributed by atoms with Crippen LogP contribution in [0.3, 0.4) is 0 Å². The Hall–Kier alpha value is -3.47. The molecule has 4 aromatic rings. The number of hydrogen-bond donors (Lipinski definition) is 1. The SMILES string of the molecule is Cc1ccc(C(=O)Nc2c(-c3ccccn3)nc3ccccn23)cc1. The van der Waals surface area contributed by atoms with E-state index in [1.807, 2.05) is 78.2 Å². The van der Waals surface area contributed by atoms with Crippen molar-refractivity contribution in [3.05, 3.63) is 84.2 Å². The first kappa shape index (κ1) is 15.1. The molecule has 0 aliphatic rings. The number of amides is 1. The van der Waals surface area contributed by atoms with Crippen molar-refractivity contribution in [3.8, 4) is 11.4 Å². The Morgan fingerprint density at radius 3 is 2.56 bits per heavy atom. The van der Waals surface area contributed by atoms with E-state index in [0.717, 1.165) is 11.2 Å². The average molecular weight is 328 g/mol. The second kappa shape index (κ2) is 6.20. The molecule has 5 heteroatoms. The summed E-state index contributed by atoms with van der Waals surface area (Å²) in [5, 5.41) is 2.99. The van der Waals surface area contributed by atoms with Gasteiger partial charge in [0, 0.05) is 18.0 Å². The number of carbonyl (C=O) groups is 1. The summed E-state index contributed by atoms with van der Waals surface area (Å²) in [6.07, 6.45) is 3.59. The second-order valence-corrected chi connectivity index (χ2v) is 5.77. The van der Waals surface area contributed by atoms with Gasteiger partial charge >= 0.3 is 0 Å². The molecule has 0 aliphatic heterocycles. The van der Waals surface area contributed by atoms with Crippen LogP contribution < -0.4 is 5.32 Å². The first-order chi connectivity index (χ1) is 12.2. The van der Waals surface area contributed by atoms with Gasteiger partial charge in [-0.15, -0.1) is 0 Å². The summed E-state index contributed by atoms with van der Waals surface area (Å²) in [4.78, 5) is 21.7. The molecule has 0 radical (unpaired) electrons. The van der Waals surface area contributed by atoms with Gasteiger partial charge in [-0.3, -0.25) is 14.2 Å². The maximum atomic E-state index is 12.7. The number of anilines is 1. The smallest absolute Gasteiger partial charge is 0.256 e. The van der Waals surface area contributed by atoms with Gasteiger partial charge in [-0.25, -0.2) is 4.98 Å². The predicted octanol–water partition coefficient (Wildman–Crippen LogP) is 3.96. The number of pyridine rings is 2. The molecule has 1 aromatic carbocycles. The molecular formula is C20H16N4O. The largest absolute Gasteiger partial charge is 0.306 e. The molecule has 4 rings (SSSR count). The van der Waals surface area contributed by atoms with Crippen LogP contribution in [-0.4, -0.2) is 20.3 Å². The summed E-state index contributed by atoms with van der Waals surface area (Å²) in [5.74, 6) is 0.433. The van der Waals surface area contributed by atoms with E-state index in [9.17, 15) is 4.79 Å². The van der Waals surface area contributed by atoms with Crippen molar-refractivity contribution in [1.29, 1.82) is 0 Å². The Morgan fingerprint density at radius 1 is 1.00 bits per heavy atom. The Morgan fingerprint density at radius 2 is 1.80 bits per heavy atom. The van der Waals surface area contributed by atoms with Crippen molar-refractivity contribution < 1.29 is 4.79 Å². The molecule has 122 valence electrons. The molecule has 0 bridgehead atoms. The first-order valence-electron chi connectivity index (χ1n) is 7.99. The summed E-state index contributed by atoms with van der Waals surface area (Å²) < 4.78 is 1.86. The molecule has 0 unspecified atom stereocenters. The van der Waals surface area contributed by atoms with Gasteiger partial charge in [-0.2, -0.15) is 0 Å². The van der Waals surface area contributed by atoms with Gasteiger partial charge in [0.25, 0.3) is 5.91 Å². The summed E-state index contributed by atoms with van der Waals surface area (Å²) in [6.45, 7) is 1.99. The molecule has 5 nitrogen and oxygen atoms in total. The van der Waals surface area contributed by atoms with Crippen LogP contribution in [0.15, 0.2) is 73.1 Å². The number of rotatable bonds is 3. The zero-order valence-corrected chi connectivity index (χ0v) is 13.7. The minimum atomic E-state index is -0.178. The summed E-state index contributed by atoms with van der Waals surface area (Å²) in [6, 6.07) is 18.8. The Bertz CT molecular complexity index is 1040.